The van der Waals surface area contributed by atoms with Gasteiger partial charge in [-0.05, 0) is 37.6 Å². The predicted molar refractivity (Wildman–Crippen MR) is 73.1 cm³/mol. The molecule has 1 fully saturated rings. The molecule has 0 aliphatic carbocycles. The topological polar surface area (TPSA) is 41.9 Å². The van der Waals surface area contributed by atoms with Gasteiger partial charge >= 0.3 is 0 Å². The number of nitrogens with zero attached hydrogens (tertiary/aromatic N) is 2. The molecule has 0 amide bonds. The van der Waals surface area contributed by atoms with Crippen LogP contribution in [0.4, 0.5) is 5.69 Å². The van der Waals surface area contributed by atoms with E-state index in [1.807, 2.05) is 23.0 Å². The minimum atomic E-state index is 0.510. The average Bonchev–Trinajstić information content (AvgIpc) is 2.94. The van der Waals surface area contributed by atoms with Crippen LogP contribution in [0.5, 0.6) is 0 Å². The van der Waals surface area contributed by atoms with Crippen LogP contribution in [-0.4, -0.2) is 28.9 Å². The first-order valence-corrected chi connectivity index (χ1v) is 6.50. The summed E-state index contributed by atoms with van der Waals surface area (Å²) < 4.78 is 1.90. The van der Waals surface area contributed by atoms with Crippen LogP contribution in [0.3, 0.4) is 0 Å². The van der Waals surface area contributed by atoms with Crippen LogP contribution >= 0.6 is 0 Å². The summed E-state index contributed by atoms with van der Waals surface area (Å²) in [6, 6.07) is 10.8. The van der Waals surface area contributed by atoms with Crippen molar-refractivity contribution in [1.29, 1.82) is 0 Å². The van der Waals surface area contributed by atoms with E-state index in [0.29, 0.717) is 6.04 Å². The number of anilines is 1. The van der Waals surface area contributed by atoms with Crippen LogP contribution in [0.25, 0.3) is 5.69 Å². The summed E-state index contributed by atoms with van der Waals surface area (Å²) in [4.78, 5) is 0. The summed E-state index contributed by atoms with van der Waals surface area (Å²) in [5.74, 6) is 0. The molecule has 0 saturated carbocycles. The molecule has 18 heavy (non-hydrogen) atoms. The highest BCUT2D eigenvalue weighted by molar-refractivity contribution is 5.61. The second-order valence-corrected chi connectivity index (χ2v) is 4.66. The number of hydrogen-bond donors (Lipinski definition) is 2. The molecular weight excluding hydrogens is 224 g/mol. The number of para-hydroxylation sites is 2. The predicted octanol–water partition coefficient (Wildman–Crippen LogP) is 2.04. The van der Waals surface area contributed by atoms with Gasteiger partial charge in [0.1, 0.15) is 0 Å². The van der Waals surface area contributed by atoms with Crippen molar-refractivity contribution in [1.82, 2.24) is 15.1 Å². The molecular formula is C14H18N4. The van der Waals surface area contributed by atoms with Gasteiger partial charge in [0.05, 0.1) is 11.4 Å². The van der Waals surface area contributed by atoms with Gasteiger partial charge in [-0.3, -0.25) is 0 Å². The molecule has 2 heterocycles. The third-order valence-corrected chi connectivity index (χ3v) is 3.31. The molecule has 3 rings (SSSR count). The van der Waals surface area contributed by atoms with Gasteiger partial charge in [0.2, 0.25) is 0 Å². The van der Waals surface area contributed by atoms with E-state index in [-0.39, 0.29) is 0 Å². The molecule has 2 N–H and O–H groups in total. The van der Waals surface area contributed by atoms with Gasteiger partial charge in [-0.2, -0.15) is 5.10 Å². The third-order valence-electron chi connectivity index (χ3n) is 3.31. The minimum absolute atomic E-state index is 0.510. The maximum absolute atomic E-state index is 4.30. The Morgan fingerprint density at radius 2 is 2.22 bits per heavy atom. The van der Waals surface area contributed by atoms with Crippen LogP contribution < -0.4 is 10.6 Å². The van der Waals surface area contributed by atoms with E-state index >= 15 is 0 Å². The number of piperidine rings is 1. The van der Waals surface area contributed by atoms with Crippen molar-refractivity contribution >= 4 is 5.69 Å². The van der Waals surface area contributed by atoms with E-state index in [4.69, 9.17) is 0 Å². The lowest BCUT2D eigenvalue weighted by atomic mass is 10.1. The number of nitrogens with one attached hydrogen (secondary N) is 2. The zero-order valence-corrected chi connectivity index (χ0v) is 10.3. The summed E-state index contributed by atoms with van der Waals surface area (Å²) in [5, 5.41) is 11.3. The number of rotatable bonds is 3. The molecule has 4 nitrogen and oxygen atoms in total. The average molecular weight is 242 g/mol. The standard InChI is InChI=1S/C14H18N4/c1-2-7-14(18-10-4-9-16-18)13(6-1)17-12-5-3-8-15-11-12/h1-2,4,6-7,9-10,12,15,17H,3,5,8,11H2. The molecule has 2 aromatic rings. The van der Waals surface area contributed by atoms with Crippen molar-refractivity contribution in [2.45, 2.75) is 18.9 Å². The molecule has 0 spiro atoms. The minimum Gasteiger partial charge on any atom is -0.379 e. The molecule has 1 saturated heterocycles. The lowest BCUT2D eigenvalue weighted by Gasteiger charge is -2.25. The zero-order chi connectivity index (χ0) is 12.2. The van der Waals surface area contributed by atoms with Crippen molar-refractivity contribution in [2.75, 3.05) is 18.4 Å². The van der Waals surface area contributed by atoms with Crippen molar-refractivity contribution in [3.8, 4) is 5.69 Å². The molecule has 0 radical (unpaired) electrons. The van der Waals surface area contributed by atoms with Gasteiger partial charge in [-0.15, -0.1) is 0 Å². The fraction of sp³-hybridized carbons (Fsp3) is 0.357. The normalized spacial score (nSPS) is 19.7. The first-order chi connectivity index (χ1) is 8.93. The molecule has 1 unspecified atom stereocenters. The smallest absolute Gasteiger partial charge is 0.0876 e. The highest BCUT2D eigenvalue weighted by atomic mass is 15.3. The summed E-state index contributed by atoms with van der Waals surface area (Å²) in [5.41, 5.74) is 2.25. The molecule has 1 aliphatic heterocycles. The maximum atomic E-state index is 4.30. The fourth-order valence-corrected chi connectivity index (χ4v) is 2.40. The van der Waals surface area contributed by atoms with E-state index < -0.39 is 0 Å². The van der Waals surface area contributed by atoms with Crippen molar-refractivity contribution < 1.29 is 0 Å². The summed E-state index contributed by atoms with van der Waals surface area (Å²) in [7, 11) is 0. The quantitative estimate of drug-likeness (QED) is 0.865. The number of hydrogen-bond acceptors (Lipinski definition) is 3. The van der Waals surface area contributed by atoms with Crippen molar-refractivity contribution in [2.24, 2.45) is 0 Å². The first-order valence-electron chi connectivity index (χ1n) is 6.50. The van der Waals surface area contributed by atoms with Gasteiger partial charge in [0.25, 0.3) is 0 Å². The molecule has 1 aromatic heterocycles. The van der Waals surface area contributed by atoms with Gasteiger partial charge in [0.15, 0.2) is 0 Å². The summed E-state index contributed by atoms with van der Waals surface area (Å²) in [6.45, 7) is 2.17. The molecule has 0 bridgehead atoms. The van der Waals surface area contributed by atoms with Crippen molar-refractivity contribution in [3.63, 3.8) is 0 Å². The Morgan fingerprint density at radius 1 is 1.28 bits per heavy atom. The second kappa shape index (κ2) is 5.23. The molecule has 1 aromatic carbocycles. The lowest BCUT2D eigenvalue weighted by molar-refractivity contribution is 0.479. The summed E-state index contributed by atoms with van der Waals surface area (Å²) in [6.07, 6.45) is 6.24. The van der Waals surface area contributed by atoms with Gasteiger partial charge < -0.3 is 10.6 Å². The Labute approximate surface area is 107 Å². The summed E-state index contributed by atoms with van der Waals surface area (Å²) >= 11 is 0. The van der Waals surface area contributed by atoms with Gasteiger partial charge in [-0.1, -0.05) is 12.1 Å². The van der Waals surface area contributed by atoms with Crippen molar-refractivity contribution in [3.05, 3.63) is 42.7 Å². The molecule has 4 heteroatoms. The van der Waals surface area contributed by atoms with E-state index in [0.717, 1.165) is 24.5 Å². The monoisotopic (exact) mass is 242 g/mol. The highest BCUT2D eigenvalue weighted by Crippen LogP contribution is 2.21. The van der Waals surface area contributed by atoms with Crippen LogP contribution in [0.15, 0.2) is 42.7 Å². The Kier molecular flexibility index (Phi) is 3.28. The van der Waals surface area contributed by atoms with Gasteiger partial charge in [0, 0.05) is 25.0 Å². The van der Waals surface area contributed by atoms with E-state index in [1.165, 1.54) is 12.8 Å². The Balaban J connectivity index is 1.83. The van der Waals surface area contributed by atoms with Gasteiger partial charge in [-0.25, -0.2) is 4.68 Å². The second-order valence-electron chi connectivity index (χ2n) is 4.66. The first kappa shape index (κ1) is 11.3. The van der Waals surface area contributed by atoms with E-state index in [1.54, 1.807) is 6.20 Å². The van der Waals surface area contributed by atoms with E-state index in [9.17, 15) is 0 Å². The molecule has 94 valence electrons. The van der Waals surface area contributed by atoms with Crippen LogP contribution in [0, 0.1) is 0 Å². The number of benzene rings is 1. The zero-order valence-electron chi connectivity index (χ0n) is 10.3. The number of aromatic nitrogens is 2. The highest BCUT2D eigenvalue weighted by Gasteiger charge is 2.14. The Hall–Kier alpha value is -1.81. The van der Waals surface area contributed by atoms with Crippen LogP contribution in [-0.2, 0) is 0 Å². The van der Waals surface area contributed by atoms with Crippen LogP contribution in [0.1, 0.15) is 12.8 Å². The Morgan fingerprint density at radius 3 is 3.00 bits per heavy atom. The molecule has 1 atom stereocenters. The molecule has 1 aliphatic rings. The van der Waals surface area contributed by atoms with E-state index in [2.05, 4.69) is 33.9 Å². The SMILES string of the molecule is c1ccc(-n2cccn2)c(NC2CCCNC2)c1. The van der Waals surface area contributed by atoms with Crippen LogP contribution in [0.2, 0.25) is 0 Å². The Bertz CT molecular complexity index is 486. The third kappa shape index (κ3) is 2.38. The largest absolute Gasteiger partial charge is 0.379 e. The maximum Gasteiger partial charge on any atom is 0.0876 e. The lowest BCUT2D eigenvalue weighted by Crippen LogP contribution is -2.38. The fourth-order valence-electron chi connectivity index (χ4n) is 2.40.